The van der Waals surface area contributed by atoms with Crippen LogP contribution in [0.2, 0.25) is 0 Å². The molecule has 0 saturated heterocycles. The molecule has 1 aromatic rings. The fourth-order valence-corrected chi connectivity index (χ4v) is 1.84. The largest absolute Gasteiger partial charge is 0.476 e. The minimum absolute atomic E-state index is 0.0208. The summed E-state index contributed by atoms with van der Waals surface area (Å²) in [5.74, 6) is -1.04. The van der Waals surface area contributed by atoms with Crippen molar-refractivity contribution in [2.45, 2.75) is 27.2 Å². The van der Waals surface area contributed by atoms with Crippen LogP contribution in [-0.2, 0) is 11.2 Å². The van der Waals surface area contributed by atoms with E-state index in [1.807, 2.05) is 20.8 Å². The maximum Gasteiger partial charge on any atom is 0.355 e. The Morgan fingerprint density at radius 2 is 2.12 bits per heavy atom. The Balaban J connectivity index is 2.41. The van der Waals surface area contributed by atoms with Crippen LogP contribution in [0.25, 0.3) is 0 Å². The van der Waals surface area contributed by atoms with Gasteiger partial charge in [0, 0.05) is 23.8 Å². The normalized spacial score (nSPS) is 11.2. The SMILES string of the molecule is CC(C)(C)C(=O)NCCc1nc(C(=O)O)cs1. The summed E-state index contributed by atoms with van der Waals surface area (Å²) in [6.45, 7) is 6.00. The van der Waals surface area contributed by atoms with E-state index in [2.05, 4.69) is 10.3 Å². The summed E-state index contributed by atoms with van der Waals surface area (Å²) in [5.41, 5.74) is -0.345. The number of amides is 1. The van der Waals surface area contributed by atoms with E-state index in [1.54, 1.807) is 0 Å². The van der Waals surface area contributed by atoms with Gasteiger partial charge in [-0.25, -0.2) is 9.78 Å². The predicted molar refractivity (Wildman–Crippen MR) is 65.2 cm³/mol. The van der Waals surface area contributed by atoms with E-state index in [0.29, 0.717) is 13.0 Å². The van der Waals surface area contributed by atoms with E-state index in [1.165, 1.54) is 16.7 Å². The van der Waals surface area contributed by atoms with Gasteiger partial charge in [-0.2, -0.15) is 0 Å². The minimum atomic E-state index is -1.02. The predicted octanol–water partition coefficient (Wildman–Crippen LogP) is 1.55. The standard InChI is InChI=1S/C11H16N2O3S/c1-11(2,3)10(16)12-5-4-8-13-7(6-17-8)9(14)15/h6H,4-5H2,1-3H3,(H,12,16)(H,14,15). The van der Waals surface area contributed by atoms with E-state index in [4.69, 9.17) is 5.11 Å². The zero-order chi connectivity index (χ0) is 13.1. The van der Waals surface area contributed by atoms with Crippen LogP contribution < -0.4 is 5.32 Å². The Morgan fingerprint density at radius 3 is 2.59 bits per heavy atom. The second-order valence-corrected chi connectivity index (χ2v) is 5.63. The molecule has 0 unspecified atom stereocenters. The zero-order valence-electron chi connectivity index (χ0n) is 10.1. The van der Waals surface area contributed by atoms with Crippen molar-refractivity contribution in [1.29, 1.82) is 0 Å². The van der Waals surface area contributed by atoms with Gasteiger partial charge in [-0.1, -0.05) is 20.8 Å². The molecule has 0 aromatic carbocycles. The number of carbonyl (C=O) groups is 2. The van der Waals surface area contributed by atoms with Crippen molar-refractivity contribution in [1.82, 2.24) is 10.3 Å². The van der Waals surface area contributed by atoms with Crippen LogP contribution in [0.5, 0.6) is 0 Å². The highest BCUT2D eigenvalue weighted by Gasteiger charge is 2.20. The quantitative estimate of drug-likeness (QED) is 0.856. The molecule has 0 saturated carbocycles. The van der Waals surface area contributed by atoms with Gasteiger partial charge < -0.3 is 10.4 Å². The number of thiazole rings is 1. The molecule has 1 amide bonds. The number of aromatic nitrogens is 1. The third kappa shape index (κ3) is 4.14. The van der Waals surface area contributed by atoms with E-state index in [-0.39, 0.29) is 11.6 Å². The van der Waals surface area contributed by atoms with E-state index < -0.39 is 11.4 Å². The molecule has 5 nitrogen and oxygen atoms in total. The summed E-state index contributed by atoms with van der Waals surface area (Å²) in [6.07, 6.45) is 0.555. The highest BCUT2D eigenvalue weighted by Crippen LogP contribution is 2.13. The average molecular weight is 256 g/mol. The number of aromatic carboxylic acids is 1. The van der Waals surface area contributed by atoms with E-state index in [0.717, 1.165) is 5.01 Å². The second-order valence-electron chi connectivity index (χ2n) is 4.69. The molecule has 0 fully saturated rings. The van der Waals surface area contributed by atoms with Gasteiger partial charge in [-0.15, -0.1) is 11.3 Å². The number of nitrogens with one attached hydrogen (secondary N) is 1. The number of nitrogens with zero attached hydrogens (tertiary/aromatic N) is 1. The fourth-order valence-electron chi connectivity index (χ4n) is 1.07. The molecule has 94 valence electrons. The first kappa shape index (κ1) is 13.6. The lowest BCUT2D eigenvalue weighted by Gasteiger charge is -2.17. The molecule has 0 radical (unpaired) electrons. The average Bonchev–Trinajstić information content (AvgIpc) is 2.64. The van der Waals surface area contributed by atoms with Gasteiger partial charge in [-0.3, -0.25) is 4.79 Å². The molecule has 0 spiro atoms. The molecule has 0 aliphatic rings. The topological polar surface area (TPSA) is 79.3 Å². The van der Waals surface area contributed by atoms with Gasteiger partial charge in [-0.05, 0) is 0 Å². The lowest BCUT2D eigenvalue weighted by atomic mass is 9.96. The van der Waals surface area contributed by atoms with Crippen LogP contribution in [0.1, 0.15) is 36.3 Å². The zero-order valence-corrected chi connectivity index (χ0v) is 10.9. The molecule has 2 N–H and O–H groups in total. The number of carbonyl (C=O) groups excluding carboxylic acids is 1. The number of hydrogen-bond acceptors (Lipinski definition) is 4. The number of rotatable bonds is 4. The lowest BCUT2D eigenvalue weighted by molar-refractivity contribution is -0.128. The Labute approximate surface area is 104 Å². The molecule has 0 aliphatic carbocycles. The smallest absolute Gasteiger partial charge is 0.355 e. The maximum absolute atomic E-state index is 11.5. The Bertz CT molecular complexity index is 421. The fraction of sp³-hybridized carbons (Fsp3) is 0.545. The highest BCUT2D eigenvalue weighted by atomic mass is 32.1. The van der Waals surface area contributed by atoms with Crippen molar-refractivity contribution >= 4 is 23.2 Å². The van der Waals surface area contributed by atoms with Gasteiger partial charge in [0.15, 0.2) is 5.69 Å². The molecule has 0 atom stereocenters. The molecule has 1 heterocycles. The summed E-state index contributed by atoms with van der Waals surface area (Å²) >= 11 is 1.29. The summed E-state index contributed by atoms with van der Waals surface area (Å²) in [5, 5.41) is 13.7. The van der Waals surface area contributed by atoms with Gasteiger partial charge in [0.05, 0.1) is 5.01 Å². The summed E-state index contributed by atoms with van der Waals surface area (Å²) in [6, 6.07) is 0. The molecule has 6 heteroatoms. The molecule has 0 aliphatic heterocycles. The van der Waals surface area contributed by atoms with Crippen LogP contribution in [0.15, 0.2) is 5.38 Å². The monoisotopic (exact) mass is 256 g/mol. The summed E-state index contributed by atoms with van der Waals surface area (Å²) < 4.78 is 0. The lowest BCUT2D eigenvalue weighted by Crippen LogP contribution is -2.35. The third-order valence-corrected chi connectivity index (χ3v) is 2.99. The number of carboxylic acids is 1. The van der Waals surface area contributed by atoms with Gasteiger partial charge in [0.25, 0.3) is 0 Å². The molecule has 0 bridgehead atoms. The maximum atomic E-state index is 11.5. The van der Waals surface area contributed by atoms with Crippen molar-refractivity contribution < 1.29 is 14.7 Å². The third-order valence-electron chi connectivity index (χ3n) is 2.08. The second kappa shape index (κ2) is 5.27. The highest BCUT2D eigenvalue weighted by molar-refractivity contribution is 7.09. The van der Waals surface area contributed by atoms with Gasteiger partial charge >= 0.3 is 5.97 Å². The van der Waals surface area contributed by atoms with Crippen molar-refractivity contribution in [3.8, 4) is 0 Å². The van der Waals surface area contributed by atoms with Gasteiger partial charge in [0.1, 0.15) is 0 Å². The van der Waals surface area contributed by atoms with Crippen molar-refractivity contribution in [2.24, 2.45) is 5.41 Å². The van der Waals surface area contributed by atoms with Crippen molar-refractivity contribution in [2.75, 3.05) is 6.54 Å². The molecule has 1 aromatic heterocycles. The molecule has 1 rings (SSSR count). The summed E-state index contributed by atoms with van der Waals surface area (Å²) in [7, 11) is 0. The first-order chi connectivity index (χ1) is 7.80. The number of carboxylic acid groups (broad SMARTS) is 1. The van der Waals surface area contributed by atoms with Crippen LogP contribution >= 0.6 is 11.3 Å². The van der Waals surface area contributed by atoms with Crippen LogP contribution in [0.4, 0.5) is 0 Å². The van der Waals surface area contributed by atoms with Crippen LogP contribution in [0.3, 0.4) is 0 Å². The Kier molecular flexibility index (Phi) is 4.22. The van der Waals surface area contributed by atoms with Gasteiger partial charge in [0.2, 0.25) is 5.91 Å². The molecule has 17 heavy (non-hydrogen) atoms. The minimum Gasteiger partial charge on any atom is -0.476 e. The summed E-state index contributed by atoms with van der Waals surface area (Å²) in [4.78, 5) is 26.1. The van der Waals surface area contributed by atoms with Crippen molar-refractivity contribution in [3.05, 3.63) is 16.1 Å². The first-order valence-electron chi connectivity index (χ1n) is 5.26. The Morgan fingerprint density at radius 1 is 1.47 bits per heavy atom. The van der Waals surface area contributed by atoms with Crippen molar-refractivity contribution in [3.63, 3.8) is 0 Å². The number of hydrogen-bond donors (Lipinski definition) is 2. The Hall–Kier alpha value is -1.43. The van der Waals surface area contributed by atoms with E-state index >= 15 is 0 Å². The van der Waals surface area contributed by atoms with Crippen LogP contribution in [0, 0.1) is 5.41 Å². The molecular weight excluding hydrogens is 240 g/mol. The van der Waals surface area contributed by atoms with Crippen LogP contribution in [-0.4, -0.2) is 28.5 Å². The molecular formula is C11H16N2O3S. The first-order valence-corrected chi connectivity index (χ1v) is 6.14. The van der Waals surface area contributed by atoms with E-state index in [9.17, 15) is 9.59 Å².